The molecule has 17 heavy (non-hydrogen) atoms. The van der Waals surface area contributed by atoms with E-state index in [0.717, 1.165) is 24.6 Å². The van der Waals surface area contributed by atoms with Crippen LogP contribution in [0.5, 0.6) is 0 Å². The minimum Gasteiger partial charge on any atom is -0.469 e. The molecule has 0 aromatic carbocycles. The van der Waals surface area contributed by atoms with Crippen LogP contribution in [0.25, 0.3) is 0 Å². The van der Waals surface area contributed by atoms with Crippen molar-refractivity contribution in [3.8, 4) is 0 Å². The summed E-state index contributed by atoms with van der Waals surface area (Å²) in [5.74, 6) is 1.10. The maximum Gasteiger partial charge on any atom is 0.103 e. The Morgan fingerprint density at radius 3 is 2.94 bits per heavy atom. The molecule has 1 heterocycles. The fourth-order valence-corrected chi connectivity index (χ4v) is 2.88. The third-order valence-electron chi connectivity index (χ3n) is 3.89. The highest BCUT2D eigenvalue weighted by molar-refractivity contribution is 4.98. The molecular weight excluding hydrogens is 210 g/mol. The molecule has 0 saturated heterocycles. The molecule has 1 aromatic heterocycles. The molecule has 1 fully saturated rings. The zero-order valence-corrected chi connectivity index (χ0v) is 11.3. The average Bonchev–Trinajstić information content (AvgIpc) is 2.85. The fraction of sp³-hybridized carbons (Fsp3) is 0.733. The Hall–Kier alpha value is -0.760. The second kappa shape index (κ2) is 5.26. The van der Waals surface area contributed by atoms with Gasteiger partial charge < -0.3 is 9.73 Å². The summed E-state index contributed by atoms with van der Waals surface area (Å²) in [5.41, 5.74) is 0.540. The van der Waals surface area contributed by atoms with Gasteiger partial charge in [-0.15, -0.1) is 0 Å². The van der Waals surface area contributed by atoms with E-state index in [0.29, 0.717) is 11.5 Å². The van der Waals surface area contributed by atoms with Gasteiger partial charge >= 0.3 is 0 Å². The van der Waals surface area contributed by atoms with Gasteiger partial charge in [0.25, 0.3) is 0 Å². The molecule has 0 amide bonds. The number of rotatable bonds is 5. The van der Waals surface area contributed by atoms with Gasteiger partial charge in [-0.1, -0.05) is 13.8 Å². The van der Waals surface area contributed by atoms with Crippen molar-refractivity contribution in [1.82, 2.24) is 5.32 Å². The van der Waals surface area contributed by atoms with Gasteiger partial charge in [0.05, 0.1) is 6.26 Å². The molecule has 1 aliphatic carbocycles. The molecule has 0 spiro atoms. The van der Waals surface area contributed by atoms with Crippen LogP contribution in [-0.2, 0) is 6.42 Å². The molecule has 0 bridgehead atoms. The summed E-state index contributed by atoms with van der Waals surface area (Å²) in [5, 5.41) is 3.76. The first kappa shape index (κ1) is 12.7. The minimum atomic E-state index is 0.540. The Morgan fingerprint density at radius 1 is 1.53 bits per heavy atom. The molecule has 2 atom stereocenters. The van der Waals surface area contributed by atoms with Crippen molar-refractivity contribution in [2.45, 2.75) is 65.0 Å². The first-order chi connectivity index (χ1) is 8.05. The lowest BCUT2D eigenvalue weighted by molar-refractivity contribution is 0.349. The van der Waals surface area contributed by atoms with Crippen LogP contribution in [0.2, 0.25) is 0 Å². The van der Waals surface area contributed by atoms with Crippen molar-refractivity contribution in [3.05, 3.63) is 24.2 Å². The van der Waals surface area contributed by atoms with Crippen LogP contribution < -0.4 is 5.32 Å². The predicted molar refractivity (Wildman–Crippen MR) is 71.0 cm³/mol. The molecule has 0 radical (unpaired) electrons. The zero-order valence-electron chi connectivity index (χ0n) is 11.3. The van der Waals surface area contributed by atoms with E-state index < -0.39 is 0 Å². The van der Waals surface area contributed by atoms with Crippen LogP contribution in [0.4, 0.5) is 0 Å². The van der Waals surface area contributed by atoms with Gasteiger partial charge in [0.1, 0.15) is 5.76 Å². The van der Waals surface area contributed by atoms with Crippen molar-refractivity contribution < 1.29 is 4.42 Å². The topological polar surface area (TPSA) is 25.2 Å². The smallest absolute Gasteiger partial charge is 0.103 e. The highest BCUT2D eigenvalue weighted by Gasteiger charge is 2.31. The zero-order chi connectivity index (χ0) is 12.3. The Labute approximate surface area is 105 Å². The largest absolute Gasteiger partial charge is 0.469 e. The molecule has 1 saturated carbocycles. The summed E-state index contributed by atoms with van der Waals surface area (Å²) in [6, 6.07) is 5.33. The number of furan rings is 1. The summed E-state index contributed by atoms with van der Waals surface area (Å²) in [4.78, 5) is 0. The van der Waals surface area contributed by atoms with E-state index in [4.69, 9.17) is 4.42 Å². The van der Waals surface area contributed by atoms with Crippen LogP contribution in [0.1, 0.15) is 52.2 Å². The van der Waals surface area contributed by atoms with Crippen LogP contribution >= 0.6 is 0 Å². The molecule has 0 aliphatic heterocycles. The van der Waals surface area contributed by atoms with E-state index in [2.05, 4.69) is 32.2 Å². The van der Waals surface area contributed by atoms with Crippen LogP contribution in [0, 0.1) is 5.41 Å². The van der Waals surface area contributed by atoms with E-state index in [1.807, 2.05) is 6.07 Å². The van der Waals surface area contributed by atoms with Gasteiger partial charge in [-0.25, -0.2) is 0 Å². The normalized spacial score (nSPS) is 25.0. The maximum absolute atomic E-state index is 5.36. The highest BCUT2D eigenvalue weighted by atomic mass is 16.3. The van der Waals surface area contributed by atoms with Gasteiger partial charge in [-0.3, -0.25) is 0 Å². The number of hydrogen-bond donors (Lipinski definition) is 1. The molecule has 1 aliphatic rings. The molecule has 1 N–H and O–H groups in total. The average molecular weight is 235 g/mol. The summed E-state index contributed by atoms with van der Waals surface area (Å²) >= 11 is 0. The standard InChI is InChI=1S/C15H25NO/c1-12(6-7-14-5-4-10-17-14)16-13-8-9-15(2,3)11-13/h4-5,10,12-13,16H,6-9,11H2,1-3H3. The van der Waals surface area contributed by atoms with Crippen molar-refractivity contribution in [2.24, 2.45) is 5.41 Å². The van der Waals surface area contributed by atoms with E-state index in [1.165, 1.54) is 19.3 Å². The third-order valence-corrected chi connectivity index (χ3v) is 3.89. The van der Waals surface area contributed by atoms with Crippen molar-refractivity contribution in [3.63, 3.8) is 0 Å². The van der Waals surface area contributed by atoms with Crippen molar-refractivity contribution >= 4 is 0 Å². The van der Waals surface area contributed by atoms with Crippen molar-refractivity contribution in [2.75, 3.05) is 0 Å². The molecule has 1 aromatic rings. The van der Waals surface area contributed by atoms with Gasteiger partial charge in [-0.2, -0.15) is 0 Å². The first-order valence-electron chi connectivity index (χ1n) is 6.84. The van der Waals surface area contributed by atoms with E-state index in [1.54, 1.807) is 6.26 Å². The Kier molecular flexibility index (Phi) is 3.93. The van der Waals surface area contributed by atoms with E-state index in [9.17, 15) is 0 Å². The van der Waals surface area contributed by atoms with Crippen LogP contribution in [0.3, 0.4) is 0 Å². The van der Waals surface area contributed by atoms with Crippen LogP contribution in [0.15, 0.2) is 22.8 Å². The Bertz CT molecular complexity index is 329. The third kappa shape index (κ3) is 3.88. The predicted octanol–water partition coefficient (Wildman–Crippen LogP) is 3.77. The monoisotopic (exact) mass is 235 g/mol. The molecule has 2 heteroatoms. The molecule has 2 rings (SSSR count). The van der Waals surface area contributed by atoms with Gasteiger partial charge in [-0.05, 0) is 50.2 Å². The Balaban J connectivity index is 1.69. The summed E-state index contributed by atoms with van der Waals surface area (Å²) in [6.45, 7) is 7.04. The van der Waals surface area contributed by atoms with E-state index in [-0.39, 0.29) is 0 Å². The van der Waals surface area contributed by atoms with Crippen LogP contribution in [-0.4, -0.2) is 12.1 Å². The molecular formula is C15H25NO. The second-order valence-corrected chi connectivity index (χ2v) is 6.29. The summed E-state index contributed by atoms with van der Waals surface area (Å²) < 4.78 is 5.36. The SMILES string of the molecule is CC(CCc1ccco1)NC1CCC(C)(C)C1. The maximum atomic E-state index is 5.36. The lowest BCUT2D eigenvalue weighted by atomic mass is 9.92. The number of nitrogens with one attached hydrogen (secondary N) is 1. The lowest BCUT2D eigenvalue weighted by Crippen LogP contribution is -2.35. The van der Waals surface area contributed by atoms with Gasteiger partial charge in [0, 0.05) is 18.5 Å². The lowest BCUT2D eigenvalue weighted by Gasteiger charge is -2.21. The molecule has 2 nitrogen and oxygen atoms in total. The van der Waals surface area contributed by atoms with Gasteiger partial charge in [0.2, 0.25) is 0 Å². The highest BCUT2D eigenvalue weighted by Crippen LogP contribution is 2.37. The van der Waals surface area contributed by atoms with E-state index >= 15 is 0 Å². The number of aryl methyl sites for hydroxylation is 1. The molecule has 2 unspecified atom stereocenters. The minimum absolute atomic E-state index is 0.540. The quantitative estimate of drug-likeness (QED) is 0.840. The summed E-state index contributed by atoms with van der Waals surface area (Å²) in [6.07, 6.45) is 7.96. The molecule has 96 valence electrons. The first-order valence-corrected chi connectivity index (χ1v) is 6.84. The Morgan fingerprint density at radius 2 is 2.35 bits per heavy atom. The number of hydrogen-bond acceptors (Lipinski definition) is 2. The van der Waals surface area contributed by atoms with Gasteiger partial charge in [0.15, 0.2) is 0 Å². The summed E-state index contributed by atoms with van der Waals surface area (Å²) in [7, 11) is 0. The van der Waals surface area contributed by atoms with Crippen molar-refractivity contribution in [1.29, 1.82) is 0 Å². The fourth-order valence-electron chi connectivity index (χ4n) is 2.88. The second-order valence-electron chi connectivity index (χ2n) is 6.29.